The molecule has 1 heterocycles. The molecule has 0 amide bonds. The minimum Gasteiger partial charge on any atom is -0.361 e. The number of fused-ring (bicyclic) bond motifs is 1. The van der Waals surface area contributed by atoms with E-state index in [4.69, 9.17) is 0 Å². The number of aromatic amines is 1. The van der Waals surface area contributed by atoms with Crippen molar-refractivity contribution < 1.29 is 4.39 Å². The highest BCUT2D eigenvalue weighted by Gasteiger charge is 2.13. The van der Waals surface area contributed by atoms with Crippen LogP contribution in [0.25, 0.3) is 10.9 Å². The third-order valence-electron chi connectivity index (χ3n) is 3.55. The highest BCUT2D eigenvalue weighted by molar-refractivity contribution is 5.83. The SMILES string of the molecule is C=CCN(CCc1c[nH]c2ccccc12)C(C)CF. The summed E-state index contributed by atoms with van der Waals surface area (Å²) in [4.78, 5) is 5.39. The maximum atomic E-state index is 12.8. The molecular weight excluding hydrogens is 239 g/mol. The molecule has 1 atom stereocenters. The Labute approximate surface area is 113 Å². The van der Waals surface area contributed by atoms with E-state index in [0.717, 1.165) is 25.0 Å². The lowest BCUT2D eigenvalue weighted by Crippen LogP contribution is -2.36. The lowest BCUT2D eigenvalue weighted by atomic mass is 10.1. The summed E-state index contributed by atoms with van der Waals surface area (Å²) in [6.45, 7) is 6.92. The number of hydrogen-bond acceptors (Lipinski definition) is 1. The van der Waals surface area contributed by atoms with Gasteiger partial charge in [-0.05, 0) is 25.0 Å². The zero-order valence-corrected chi connectivity index (χ0v) is 11.4. The zero-order chi connectivity index (χ0) is 13.7. The molecule has 1 aromatic heterocycles. The Balaban J connectivity index is 2.06. The van der Waals surface area contributed by atoms with E-state index in [-0.39, 0.29) is 12.7 Å². The number of rotatable bonds is 7. The molecule has 0 fully saturated rings. The second kappa shape index (κ2) is 6.53. The number of aromatic nitrogens is 1. The molecule has 2 rings (SSSR count). The zero-order valence-electron chi connectivity index (χ0n) is 11.4. The number of para-hydroxylation sites is 1. The summed E-state index contributed by atoms with van der Waals surface area (Å²) < 4.78 is 12.8. The molecule has 0 aliphatic rings. The predicted octanol–water partition coefficient (Wildman–Crippen LogP) is 3.56. The van der Waals surface area contributed by atoms with Gasteiger partial charge in [-0.3, -0.25) is 4.90 Å². The smallest absolute Gasteiger partial charge is 0.105 e. The second-order valence-corrected chi connectivity index (χ2v) is 4.90. The highest BCUT2D eigenvalue weighted by Crippen LogP contribution is 2.18. The Bertz CT molecular complexity index is 532. The molecule has 0 radical (unpaired) electrons. The van der Waals surface area contributed by atoms with Crippen LogP contribution in [0.5, 0.6) is 0 Å². The fraction of sp³-hybridized carbons (Fsp3) is 0.375. The molecule has 3 heteroatoms. The van der Waals surface area contributed by atoms with Crippen molar-refractivity contribution in [3.8, 4) is 0 Å². The monoisotopic (exact) mass is 260 g/mol. The van der Waals surface area contributed by atoms with Gasteiger partial charge in [0, 0.05) is 36.2 Å². The Morgan fingerprint density at radius 2 is 2.21 bits per heavy atom. The van der Waals surface area contributed by atoms with Gasteiger partial charge in [0.15, 0.2) is 0 Å². The Morgan fingerprint density at radius 3 is 2.95 bits per heavy atom. The summed E-state index contributed by atoms with van der Waals surface area (Å²) in [7, 11) is 0. The Kier molecular flexibility index (Phi) is 4.74. The van der Waals surface area contributed by atoms with E-state index in [1.165, 1.54) is 10.9 Å². The number of alkyl halides is 1. The third kappa shape index (κ3) is 3.24. The van der Waals surface area contributed by atoms with Crippen LogP contribution < -0.4 is 0 Å². The number of benzene rings is 1. The maximum Gasteiger partial charge on any atom is 0.105 e. The fourth-order valence-electron chi connectivity index (χ4n) is 2.36. The van der Waals surface area contributed by atoms with Gasteiger partial charge in [0.1, 0.15) is 6.67 Å². The first-order chi connectivity index (χ1) is 9.26. The van der Waals surface area contributed by atoms with Gasteiger partial charge in [0.25, 0.3) is 0 Å². The number of H-pyrrole nitrogens is 1. The third-order valence-corrected chi connectivity index (χ3v) is 3.55. The van der Waals surface area contributed by atoms with E-state index in [9.17, 15) is 4.39 Å². The molecule has 0 aliphatic heterocycles. The quantitative estimate of drug-likeness (QED) is 0.754. The molecule has 0 saturated carbocycles. The molecule has 1 unspecified atom stereocenters. The Morgan fingerprint density at radius 1 is 1.42 bits per heavy atom. The summed E-state index contributed by atoms with van der Waals surface area (Å²) in [6, 6.07) is 8.22. The summed E-state index contributed by atoms with van der Waals surface area (Å²) in [5.74, 6) is 0. The van der Waals surface area contributed by atoms with Crippen molar-refractivity contribution in [2.24, 2.45) is 0 Å². The van der Waals surface area contributed by atoms with Gasteiger partial charge in [-0.15, -0.1) is 6.58 Å². The van der Waals surface area contributed by atoms with Crippen molar-refractivity contribution in [1.82, 2.24) is 9.88 Å². The minimum atomic E-state index is -0.318. The van der Waals surface area contributed by atoms with Crippen LogP contribution >= 0.6 is 0 Å². The number of hydrogen-bond donors (Lipinski definition) is 1. The van der Waals surface area contributed by atoms with Crippen LogP contribution in [-0.4, -0.2) is 35.7 Å². The molecule has 0 bridgehead atoms. The van der Waals surface area contributed by atoms with Crippen LogP contribution in [-0.2, 0) is 6.42 Å². The van der Waals surface area contributed by atoms with Crippen molar-refractivity contribution in [2.45, 2.75) is 19.4 Å². The molecule has 1 aromatic carbocycles. The lowest BCUT2D eigenvalue weighted by Gasteiger charge is -2.25. The Hall–Kier alpha value is -1.61. The number of nitrogens with zero attached hydrogens (tertiary/aromatic N) is 1. The molecule has 0 aliphatic carbocycles. The van der Waals surface area contributed by atoms with Gasteiger partial charge < -0.3 is 4.98 Å². The summed E-state index contributed by atoms with van der Waals surface area (Å²) in [6.07, 6.45) is 4.81. The first-order valence-electron chi connectivity index (χ1n) is 6.72. The van der Waals surface area contributed by atoms with Crippen molar-refractivity contribution in [3.05, 3.63) is 48.7 Å². The predicted molar refractivity (Wildman–Crippen MR) is 79.2 cm³/mol. The van der Waals surface area contributed by atoms with E-state index >= 15 is 0 Å². The number of nitrogens with one attached hydrogen (secondary N) is 1. The minimum absolute atomic E-state index is 0.0526. The highest BCUT2D eigenvalue weighted by atomic mass is 19.1. The van der Waals surface area contributed by atoms with Gasteiger partial charge in [-0.1, -0.05) is 24.3 Å². The molecule has 19 heavy (non-hydrogen) atoms. The van der Waals surface area contributed by atoms with Crippen molar-refractivity contribution in [3.63, 3.8) is 0 Å². The van der Waals surface area contributed by atoms with E-state index in [0.29, 0.717) is 0 Å². The normalized spacial score (nSPS) is 13.0. The van der Waals surface area contributed by atoms with E-state index < -0.39 is 0 Å². The van der Waals surface area contributed by atoms with Crippen molar-refractivity contribution in [1.29, 1.82) is 0 Å². The average molecular weight is 260 g/mol. The molecule has 1 N–H and O–H groups in total. The first-order valence-corrected chi connectivity index (χ1v) is 6.72. The molecular formula is C16H21FN2. The first kappa shape index (κ1) is 13.8. The summed E-state index contributed by atoms with van der Waals surface area (Å²) >= 11 is 0. The van der Waals surface area contributed by atoms with Gasteiger partial charge in [0.05, 0.1) is 0 Å². The van der Waals surface area contributed by atoms with Gasteiger partial charge in [-0.2, -0.15) is 0 Å². The molecule has 2 nitrogen and oxygen atoms in total. The topological polar surface area (TPSA) is 19.0 Å². The molecule has 0 spiro atoms. The molecule has 0 saturated heterocycles. The van der Waals surface area contributed by atoms with Crippen LogP contribution in [0.15, 0.2) is 43.1 Å². The van der Waals surface area contributed by atoms with Crippen molar-refractivity contribution >= 4 is 10.9 Å². The van der Waals surface area contributed by atoms with Crippen LogP contribution in [0.1, 0.15) is 12.5 Å². The van der Waals surface area contributed by atoms with Crippen LogP contribution in [0, 0.1) is 0 Å². The van der Waals surface area contributed by atoms with Crippen LogP contribution in [0.2, 0.25) is 0 Å². The van der Waals surface area contributed by atoms with Crippen molar-refractivity contribution in [2.75, 3.05) is 19.8 Å². The largest absolute Gasteiger partial charge is 0.361 e. The molecule has 2 aromatic rings. The summed E-state index contributed by atoms with van der Waals surface area (Å²) in [5.41, 5.74) is 2.45. The lowest BCUT2D eigenvalue weighted by molar-refractivity contribution is 0.198. The van der Waals surface area contributed by atoms with E-state index in [2.05, 4.69) is 34.8 Å². The van der Waals surface area contributed by atoms with Gasteiger partial charge in [-0.25, -0.2) is 4.39 Å². The van der Waals surface area contributed by atoms with E-state index in [1.54, 1.807) is 0 Å². The molecule has 102 valence electrons. The second-order valence-electron chi connectivity index (χ2n) is 4.90. The maximum absolute atomic E-state index is 12.8. The van der Waals surface area contributed by atoms with E-state index in [1.807, 2.05) is 25.1 Å². The number of halogens is 1. The van der Waals surface area contributed by atoms with Crippen LogP contribution in [0.3, 0.4) is 0 Å². The van der Waals surface area contributed by atoms with Crippen LogP contribution in [0.4, 0.5) is 4.39 Å². The standard InChI is InChI=1S/C16H21FN2/c1-3-9-19(13(2)11-17)10-8-14-12-18-16-7-5-4-6-15(14)16/h3-7,12-13,18H,1,8-11H2,2H3. The van der Waals surface area contributed by atoms with Gasteiger partial charge >= 0.3 is 0 Å². The summed E-state index contributed by atoms with van der Waals surface area (Å²) in [5, 5.41) is 1.26. The van der Waals surface area contributed by atoms with Gasteiger partial charge in [0.2, 0.25) is 0 Å². The fourth-order valence-corrected chi connectivity index (χ4v) is 2.36. The average Bonchev–Trinajstić information content (AvgIpc) is 2.86.